The molecule has 2 amide bonds. The fourth-order valence-corrected chi connectivity index (χ4v) is 2.94. The number of carbonyl (C=O) groups is 2. The Hall–Kier alpha value is -3.51. The second kappa shape index (κ2) is 9.12. The monoisotopic (exact) mass is 410 g/mol. The summed E-state index contributed by atoms with van der Waals surface area (Å²) in [6.07, 6.45) is 0. The smallest absolute Gasteiger partial charge is 0.255 e. The van der Waals surface area contributed by atoms with Gasteiger partial charge in [-0.1, -0.05) is 35.9 Å². The number of ether oxygens (including phenoxy) is 2. The van der Waals surface area contributed by atoms with Crippen LogP contribution in [0.4, 0.5) is 5.69 Å². The Morgan fingerprint density at radius 2 is 1.72 bits per heavy atom. The molecule has 148 valence electrons. The van der Waals surface area contributed by atoms with Crippen molar-refractivity contribution in [2.75, 3.05) is 12.4 Å². The molecule has 0 aromatic heterocycles. The number of para-hydroxylation sites is 2. The van der Waals surface area contributed by atoms with Crippen molar-refractivity contribution >= 4 is 29.1 Å². The van der Waals surface area contributed by atoms with Crippen LogP contribution in [-0.2, 0) is 6.61 Å². The van der Waals surface area contributed by atoms with Crippen LogP contribution in [0, 0.1) is 0 Å². The van der Waals surface area contributed by atoms with Gasteiger partial charge in [0.25, 0.3) is 11.8 Å². The molecule has 6 nitrogen and oxygen atoms in total. The van der Waals surface area contributed by atoms with Gasteiger partial charge in [0.05, 0.1) is 23.4 Å². The number of halogens is 1. The van der Waals surface area contributed by atoms with E-state index in [1.165, 1.54) is 7.11 Å². The fourth-order valence-electron chi connectivity index (χ4n) is 2.75. The van der Waals surface area contributed by atoms with Gasteiger partial charge in [0, 0.05) is 11.1 Å². The number of carbonyl (C=O) groups excluding carboxylic acids is 2. The average molecular weight is 411 g/mol. The van der Waals surface area contributed by atoms with Gasteiger partial charge in [-0.3, -0.25) is 9.59 Å². The maximum Gasteiger partial charge on any atom is 0.255 e. The summed E-state index contributed by atoms with van der Waals surface area (Å²) < 4.78 is 11.1. The van der Waals surface area contributed by atoms with Crippen molar-refractivity contribution in [3.63, 3.8) is 0 Å². The van der Waals surface area contributed by atoms with Gasteiger partial charge in [-0.05, 0) is 42.5 Å². The van der Waals surface area contributed by atoms with Crippen molar-refractivity contribution in [2.24, 2.45) is 5.73 Å². The predicted molar refractivity (Wildman–Crippen MR) is 112 cm³/mol. The van der Waals surface area contributed by atoms with Gasteiger partial charge in [0.15, 0.2) is 0 Å². The molecule has 0 spiro atoms. The lowest BCUT2D eigenvalue weighted by Crippen LogP contribution is -2.18. The minimum Gasteiger partial charge on any atom is -0.496 e. The van der Waals surface area contributed by atoms with Crippen LogP contribution >= 0.6 is 11.6 Å². The van der Waals surface area contributed by atoms with Crippen LogP contribution in [0.15, 0.2) is 66.7 Å². The summed E-state index contributed by atoms with van der Waals surface area (Å²) in [5.41, 5.74) is 6.99. The highest BCUT2D eigenvalue weighted by Crippen LogP contribution is 2.27. The lowest BCUT2D eigenvalue weighted by molar-refractivity contribution is 0.100. The fraction of sp³-hybridized carbons (Fsp3) is 0.0909. The van der Waals surface area contributed by atoms with E-state index in [0.717, 1.165) is 0 Å². The third-order valence-electron chi connectivity index (χ3n) is 4.20. The lowest BCUT2D eigenvalue weighted by atomic mass is 10.1. The van der Waals surface area contributed by atoms with E-state index in [0.29, 0.717) is 33.3 Å². The van der Waals surface area contributed by atoms with E-state index >= 15 is 0 Å². The van der Waals surface area contributed by atoms with Crippen LogP contribution in [0.1, 0.15) is 26.3 Å². The molecule has 7 heteroatoms. The first-order valence-corrected chi connectivity index (χ1v) is 9.12. The van der Waals surface area contributed by atoms with Crippen molar-refractivity contribution in [1.29, 1.82) is 0 Å². The SMILES string of the molecule is COc1ccc(C(=O)Nc2ccccc2C(N)=O)cc1COc1ccccc1Cl. The maximum absolute atomic E-state index is 12.7. The summed E-state index contributed by atoms with van der Waals surface area (Å²) in [4.78, 5) is 24.3. The second-order valence-corrected chi connectivity index (χ2v) is 6.52. The molecule has 0 fully saturated rings. The Morgan fingerprint density at radius 1 is 1.00 bits per heavy atom. The Kier molecular flexibility index (Phi) is 6.36. The number of methoxy groups -OCH3 is 1. The third kappa shape index (κ3) is 4.86. The molecule has 29 heavy (non-hydrogen) atoms. The van der Waals surface area contributed by atoms with Crippen LogP contribution in [-0.4, -0.2) is 18.9 Å². The second-order valence-electron chi connectivity index (χ2n) is 6.11. The number of nitrogens with one attached hydrogen (secondary N) is 1. The molecule has 0 atom stereocenters. The number of rotatable bonds is 7. The molecule has 0 aliphatic carbocycles. The van der Waals surface area contributed by atoms with E-state index in [1.54, 1.807) is 54.6 Å². The molecule has 3 N–H and O–H groups in total. The first-order valence-electron chi connectivity index (χ1n) is 8.74. The van der Waals surface area contributed by atoms with Gasteiger partial charge in [0.1, 0.15) is 18.1 Å². The molecule has 3 aromatic carbocycles. The summed E-state index contributed by atoms with van der Waals surface area (Å²) in [6.45, 7) is 0.159. The molecule has 3 rings (SSSR count). The minimum atomic E-state index is -0.621. The van der Waals surface area contributed by atoms with Crippen molar-refractivity contribution in [3.05, 3.63) is 88.4 Å². The van der Waals surface area contributed by atoms with Crippen molar-refractivity contribution in [2.45, 2.75) is 6.61 Å². The summed E-state index contributed by atoms with van der Waals surface area (Å²) in [7, 11) is 1.54. The van der Waals surface area contributed by atoms with Gasteiger partial charge in [-0.15, -0.1) is 0 Å². The summed E-state index contributed by atoms with van der Waals surface area (Å²) in [5, 5.41) is 3.20. The molecule has 0 aliphatic rings. The van der Waals surface area contributed by atoms with Gasteiger partial charge in [-0.2, -0.15) is 0 Å². The van der Waals surface area contributed by atoms with E-state index in [4.69, 9.17) is 26.8 Å². The Morgan fingerprint density at radius 3 is 2.45 bits per heavy atom. The van der Waals surface area contributed by atoms with Crippen LogP contribution in [0.2, 0.25) is 5.02 Å². The third-order valence-corrected chi connectivity index (χ3v) is 4.52. The van der Waals surface area contributed by atoms with Crippen LogP contribution in [0.5, 0.6) is 11.5 Å². The van der Waals surface area contributed by atoms with E-state index in [-0.39, 0.29) is 18.1 Å². The predicted octanol–water partition coefficient (Wildman–Crippen LogP) is 4.28. The van der Waals surface area contributed by atoms with Crippen molar-refractivity contribution in [3.8, 4) is 11.5 Å². The molecule has 0 unspecified atom stereocenters. The highest BCUT2D eigenvalue weighted by molar-refractivity contribution is 6.32. The normalized spacial score (nSPS) is 10.3. The summed E-state index contributed by atoms with van der Waals surface area (Å²) >= 11 is 6.12. The number of nitrogens with two attached hydrogens (primary N) is 1. The first kappa shape index (κ1) is 20.2. The molecule has 0 aliphatic heterocycles. The van der Waals surface area contributed by atoms with Crippen molar-refractivity contribution in [1.82, 2.24) is 0 Å². The van der Waals surface area contributed by atoms with E-state index in [2.05, 4.69) is 5.32 Å². The lowest BCUT2D eigenvalue weighted by Gasteiger charge is -2.13. The van der Waals surface area contributed by atoms with Gasteiger partial charge in [0.2, 0.25) is 0 Å². The average Bonchev–Trinajstić information content (AvgIpc) is 2.73. The number of amides is 2. The Labute approximate surface area is 173 Å². The van der Waals surface area contributed by atoms with E-state index < -0.39 is 5.91 Å². The van der Waals surface area contributed by atoms with E-state index in [1.807, 2.05) is 12.1 Å². The first-order chi connectivity index (χ1) is 14.0. The van der Waals surface area contributed by atoms with Gasteiger partial charge in [-0.25, -0.2) is 0 Å². The number of hydrogen-bond donors (Lipinski definition) is 2. The van der Waals surface area contributed by atoms with Crippen molar-refractivity contribution < 1.29 is 19.1 Å². The number of primary amides is 1. The Bertz CT molecular complexity index is 1050. The van der Waals surface area contributed by atoms with Crippen LogP contribution < -0.4 is 20.5 Å². The quantitative estimate of drug-likeness (QED) is 0.608. The molecule has 0 radical (unpaired) electrons. The Balaban J connectivity index is 1.82. The topological polar surface area (TPSA) is 90.6 Å². The zero-order chi connectivity index (χ0) is 20.8. The number of hydrogen-bond acceptors (Lipinski definition) is 4. The highest BCUT2D eigenvalue weighted by Gasteiger charge is 2.14. The summed E-state index contributed by atoms with van der Waals surface area (Å²) in [6, 6.07) is 18.6. The molecule has 0 saturated carbocycles. The highest BCUT2D eigenvalue weighted by atomic mass is 35.5. The molecule has 0 bridgehead atoms. The standard InChI is InChI=1S/C22H19ClN2O4/c1-28-19-11-10-14(12-15(19)13-29-20-9-5-3-7-17(20)23)22(27)25-18-8-4-2-6-16(18)21(24)26/h2-12H,13H2,1H3,(H2,24,26)(H,25,27). The molecular weight excluding hydrogens is 392 g/mol. The van der Waals surface area contributed by atoms with Crippen LogP contribution in [0.25, 0.3) is 0 Å². The van der Waals surface area contributed by atoms with Gasteiger partial charge < -0.3 is 20.5 Å². The molecule has 0 heterocycles. The maximum atomic E-state index is 12.7. The zero-order valence-corrected chi connectivity index (χ0v) is 16.4. The van der Waals surface area contributed by atoms with E-state index in [9.17, 15) is 9.59 Å². The molecule has 3 aromatic rings. The number of benzene rings is 3. The van der Waals surface area contributed by atoms with Gasteiger partial charge >= 0.3 is 0 Å². The zero-order valence-electron chi connectivity index (χ0n) is 15.6. The number of anilines is 1. The summed E-state index contributed by atoms with van der Waals surface area (Å²) in [5.74, 6) is 0.0948. The minimum absolute atomic E-state index is 0.159. The largest absolute Gasteiger partial charge is 0.496 e. The van der Waals surface area contributed by atoms with Crippen LogP contribution in [0.3, 0.4) is 0 Å². The molecular formula is C22H19ClN2O4. The molecule has 0 saturated heterocycles.